The smallest absolute Gasteiger partial charge is 0.325 e. The van der Waals surface area contributed by atoms with Crippen molar-refractivity contribution in [1.29, 1.82) is 0 Å². The Balaban J connectivity index is 1.33. The third-order valence-electron chi connectivity index (χ3n) is 6.46. The van der Waals surface area contributed by atoms with Gasteiger partial charge in [0.15, 0.2) is 0 Å². The zero-order valence-electron chi connectivity index (χ0n) is 17.8. The molecule has 2 aliphatic heterocycles. The molecule has 1 unspecified atom stereocenters. The van der Waals surface area contributed by atoms with Crippen molar-refractivity contribution in [2.45, 2.75) is 63.6 Å². The number of nitrogens with one attached hydrogen (secondary N) is 3. The van der Waals surface area contributed by atoms with E-state index in [1.54, 1.807) is 24.0 Å². The van der Waals surface area contributed by atoms with Crippen molar-refractivity contribution in [2.24, 2.45) is 0 Å². The van der Waals surface area contributed by atoms with Gasteiger partial charge in [0.1, 0.15) is 11.6 Å². The van der Waals surface area contributed by atoms with E-state index in [-0.39, 0.29) is 18.5 Å². The van der Waals surface area contributed by atoms with Crippen molar-refractivity contribution in [3.63, 3.8) is 0 Å². The van der Waals surface area contributed by atoms with Crippen molar-refractivity contribution in [2.75, 3.05) is 18.4 Å². The van der Waals surface area contributed by atoms with E-state index in [1.165, 1.54) is 0 Å². The highest BCUT2D eigenvalue weighted by molar-refractivity contribution is 6.10. The van der Waals surface area contributed by atoms with Gasteiger partial charge in [-0.1, -0.05) is 25.0 Å². The van der Waals surface area contributed by atoms with Crippen LogP contribution in [0, 0.1) is 0 Å². The molecule has 1 spiro atoms. The molecule has 6 amide bonds. The second kappa shape index (κ2) is 8.56. The molecule has 0 radical (unpaired) electrons. The van der Waals surface area contributed by atoms with Gasteiger partial charge >= 0.3 is 12.1 Å². The molecule has 3 aliphatic rings. The first-order chi connectivity index (χ1) is 14.9. The zero-order valence-corrected chi connectivity index (χ0v) is 17.8. The molecule has 2 heterocycles. The largest absolute Gasteiger partial charge is 0.350 e. The maximum absolute atomic E-state index is 12.8. The summed E-state index contributed by atoms with van der Waals surface area (Å²) >= 11 is 0. The third-order valence-corrected chi connectivity index (χ3v) is 6.46. The molecule has 31 heavy (non-hydrogen) atoms. The summed E-state index contributed by atoms with van der Waals surface area (Å²) in [5, 5.41) is 8.48. The molecule has 4 rings (SSSR count). The Labute approximate surface area is 181 Å². The number of anilines is 1. The standard InChI is InChI=1S/C22H29N5O4/c1-15(27-19(29)22(25-21(27)31)9-2-3-10-22)18(28)23-14-16-7-6-8-17(13-16)24-20(30)26-11-4-5-12-26/h6-8,13,15H,2-5,9-12,14H2,1H3,(H,23,28)(H,24,30)(H,25,31). The van der Waals surface area contributed by atoms with Crippen LogP contribution in [0.3, 0.4) is 0 Å². The normalized spacial score (nSPS) is 20.8. The van der Waals surface area contributed by atoms with E-state index >= 15 is 0 Å². The number of rotatable bonds is 5. The average Bonchev–Trinajstić information content (AvgIpc) is 3.49. The van der Waals surface area contributed by atoms with Gasteiger partial charge in [-0.3, -0.25) is 9.59 Å². The number of urea groups is 2. The number of likely N-dealkylation sites (tertiary alicyclic amines) is 1. The topological polar surface area (TPSA) is 111 Å². The quantitative estimate of drug-likeness (QED) is 0.626. The molecule has 1 saturated carbocycles. The summed E-state index contributed by atoms with van der Waals surface area (Å²) in [5.41, 5.74) is 0.645. The highest BCUT2D eigenvalue weighted by atomic mass is 16.2. The predicted octanol–water partition coefficient (Wildman–Crippen LogP) is 2.18. The Morgan fingerprint density at radius 1 is 1.13 bits per heavy atom. The van der Waals surface area contributed by atoms with Crippen molar-refractivity contribution >= 4 is 29.6 Å². The van der Waals surface area contributed by atoms with Crippen molar-refractivity contribution in [3.05, 3.63) is 29.8 Å². The summed E-state index contributed by atoms with van der Waals surface area (Å²) in [5.74, 6) is -0.700. The van der Waals surface area contributed by atoms with E-state index in [1.807, 2.05) is 12.1 Å². The molecule has 1 aromatic carbocycles. The number of carbonyl (C=O) groups is 4. The van der Waals surface area contributed by atoms with Gasteiger partial charge in [-0.15, -0.1) is 0 Å². The van der Waals surface area contributed by atoms with Crippen LogP contribution in [0.1, 0.15) is 51.0 Å². The highest BCUT2D eigenvalue weighted by Gasteiger charge is 2.54. The zero-order chi connectivity index (χ0) is 22.0. The second-order valence-corrected chi connectivity index (χ2v) is 8.61. The van der Waals surface area contributed by atoms with Gasteiger partial charge in [-0.25, -0.2) is 14.5 Å². The van der Waals surface area contributed by atoms with Crippen LogP contribution < -0.4 is 16.0 Å². The van der Waals surface area contributed by atoms with Gasteiger partial charge in [-0.05, 0) is 50.3 Å². The molecule has 1 aromatic rings. The lowest BCUT2D eigenvalue weighted by molar-refractivity contribution is -0.137. The number of hydrogen-bond acceptors (Lipinski definition) is 4. The maximum atomic E-state index is 12.8. The van der Waals surface area contributed by atoms with E-state index in [0.29, 0.717) is 18.5 Å². The van der Waals surface area contributed by atoms with Gasteiger partial charge in [0.05, 0.1) is 0 Å². The van der Waals surface area contributed by atoms with Crippen LogP contribution >= 0.6 is 0 Å². The summed E-state index contributed by atoms with van der Waals surface area (Å²) < 4.78 is 0. The number of carbonyl (C=O) groups excluding carboxylic acids is 4. The molecule has 0 bridgehead atoms. The van der Waals surface area contributed by atoms with Crippen LogP contribution in [0.2, 0.25) is 0 Å². The lowest BCUT2D eigenvalue weighted by Crippen LogP contribution is -2.49. The van der Waals surface area contributed by atoms with Gasteiger partial charge < -0.3 is 20.9 Å². The fraction of sp³-hybridized carbons (Fsp3) is 0.545. The average molecular weight is 428 g/mol. The molecular weight excluding hydrogens is 398 g/mol. The molecule has 1 atom stereocenters. The van der Waals surface area contributed by atoms with E-state index in [9.17, 15) is 19.2 Å². The molecular formula is C22H29N5O4. The monoisotopic (exact) mass is 427 g/mol. The Bertz CT molecular complexity index is 890. The van der Waals surface area contributed by atoms with Crippen molar-refractivity contribution < 1.29 is 19.2 Å². The lowest BCUT2D eigenvalue weighted by atomic mass is 9.97. The number of hydrogen-bond donors (Lipinski definition) is 3. The van der Waals surface area contributed by atoms with Crippen LogP contribution in [0.15, 0.2) is 24.3 Å². The first kappa shape index (κ1) is 21.1. The second-order valence-electron chi connectivity index (χ2n) is 8.61. The first-order valence-corrected chi connectivity index (χ1v) is 11.0. The van der Waals surface area contributed by atoms with Crippen LogP contribution in [0.5, 0.6) is 0 Å². The molecule has 0 aromatic heterocycles. The van der Waals surface area contributed by atoms with Gasteiger partial charge in [0.2, 0.25) is 5.91 Å². The fourth-order valence-electron chi connectivity index (χ4n) is 4.65. The predicted molar refractivity (Wildman–Crippen MR) is 114 cm³/mol. The SMILES string of the molecule is CC(C(=O)NCc1cccc(NC(=O)N2CCCC2)c1)N1C(=O)NC2(CCCC2)C1=O. The van der Waals surface area contributed by atoms with Gasteiger partial charge in [-0.2, -0.15) is 0 Å². The number of nitrogens with zero attached hydrogens (tertiary/aromatic N) is 2. The molecule has 9 heteroatoms. The Hall–Kier alpha value is -3.10. The van der Waals surface area contributed by atoms with Gasteiger partial charge in [0.25, 0.3) is 5.91 Å². The summed E-state index contributed by atoms with van der Waals surface area (Å²) in [6, 6.07) is 5.75. The summed E-state index contributed by atoms with van der Waals surface area (Å²) in [7, 11) is 0. The van der Waals surface area contributed by atoms with E-state index < -0.39 is 23.5 Å². The third kappa shape index (κ3) is 4.22. The first-order valence-electron chi connectivity index (χ1n) is 11.0. The summed E-state index contributed by atoms with van der Waals surface area (Å²) in [4.78, 5) is 53.0. The minimum atomic E-state index is -0.898. The molecule has 166 valence electrons. The van der Waals surface area contributed by atoms with Gasteiger partial charge in [0, 0.05) is 25.3 Å². The number of benzene rings is 1. The molecule has 9 nitrogen and oxygen atoms in total. The number of imide groups is 1. The molecule has 3 N–H and O–H groups in total. The Morgan fingerprint density at radius 2 is 1.84 bits per heavy atom. The molecule has 1 aliphatic carbocycles. The Kier molecular flexibility index (Phi) is 5.84. The highest BCUT2D eigenvalue weighted by Crippen LogP contribution is 2.35. The van der Waals surface area contributed by atoms with E-state index in [4.69, 9.17) is 0 Å². The van der Waals surface area contributed by atoms with E-state index in [0.717, 1.165) is 49.2 Å². The van der Waals surface area contributed by atoms with Crippen LogP contribution in [0.4, 0.5) is 15.3 Å². The van der Waals surface area contributed by atoms with E-state index in [2.05, 4.69) is 16.0 Å². The summed E-state index contributed by atoms with van der Waals surface area (Å²) in [6.07, 6.45) is 5.08. The minimum absolute atomic E-state index is 0.119. The van der Waals surface area contributed by atoms with Crippen molar-refractivity contribution in [3.8, 4) is 0 Å². The van der Waals surface area contributed by atoms with Crippen molar-refractivity contribution in [1.82, 2.24) is 20.4 Å². The maximum Gasteiger partial charge on any atom is 0.325 e. The van der Waals surface area contributed by atoms with Crippen LogP contribution in [-0.4, -0.2) is 58.3 Å². The molecule has 2 saturated heterocycles. The summed E-state index contributed by atoms with van der Waals surface area (Å²) in [6.45, 7) is 3.33. The van der Waals surface area contributed by atoms with Crippen LogP contribution in [0.25, 0.3) is 0 Å². The Morgan fingerprint density at radius 3 is 2.55 bits per heavy atom. The fourth-order valence-corrected chi connectivity index (χ4v) is 4.65. The minimum Gasteiger partial charge on any atom is -0.350 e. The molecule has 3 fully saturated rings. The van der Waals surface area contributed by atoms with Crippen LogP contribution in [-0.2, 0) is 16.1 Å². The lowest BCUT2D eigenvalue weighted by Gasteiger charge is -2.23. The number of amides is 6.